The average molecular weight is 285 g/mol. The number of aliphatic carboxylic acids is 1. The van der Waals surface area contributed by atoms with Crippen LogP contribution < -0.4 is 16.0 Å². The molecule has 2 fully saturated rings. The molecule has 7 nitrogen and oxygen atoms in total. The Labute approximate surface area is 118 Å². The van der Waals surface area contributed by atoms with E-state index in [0.29, 0.717) is 32.0 Å². The van der Waals surface area contributed by atoms with E-state index < -0.39 is 12.1 Å². The molecule has 2 atom stereocenters. The van der Waals surface area contributed by atoms with Crippen LogP contribution in [0.3, 0.4) is 0 Å². The lowest BCUT2D eigenvalue weighted by molar-refractivity contribution is -0.149. The minimum absolute atomic E-state index is 0.196. The quantitative estimate of drug-likeness (QED) is 0.473. The highest BCUT2D eigenvalue weighted by atomic mass is 16.5. The van der Waals surface area contributed by atoms with Gasteiger partial charge in [0.1, 0.15) is 0 Å². The summed E-state index contributed by atoms with van der Waals surface area (Å²) in [7, 11) is 0. The molecule has 1 heterocycles. The Balaban J connectivity index is 1.46. The van der Waals surface area contributed by atoms with Crippen molar-refractivity contribution in [1.82, 2.24) is 16.0 Å². The highest BCUT2D eigenvalue weighted by Crippen LogP contribution is 2.19. The van der Waals surface area contributed by atoms with E-state index in [1.54, 1.807) is 0 Å². The summed E-state index contributed by atoms with van der Waals surface area (Å²) in [6, 6.07) is 0.476. The lowest BCUT2D eigenvalue weighted by atomic mass is 10.2. The molecule has 114 valence electrons. The van der Waals surface area contributed by atoms with E-state index >= 15 is 0 Å². The molecular formula is C13H23N3O4. The molecule has 0 spiro atoms. The summed E-state index contributed by atoms with van der Waals surface area (Å²) in [5.74, 6) is -0.930. The maximum atomic E-state index is 11.5. The number of amides is 2. The molecule has 2 aliphatic rings. The van der Waals surface area contributed by atoms with Crippen molar-refractivity contribution in [1.29, 1.82) is 0 Å². The van der Waals surface area contributed by atoms with Crippen LogP contribution in [-0.4, -0.2) is 55.0 Å². The molecule has 1 saturated heterocycles. The summed E-state index contributed by atoms with van der Waals surface area (Å²) in [5, 5.41) is 17.6. The van der Waals surface area contributed by atoms with Gasteiger partial charge in [-0.1, -0.05) is 0 Å². The van der Waals surface area contributed by atoms with E-state index in [1.165, 1.54) is 12.8 Å². The number of carboxylic acids is 1. The largest absolute Gasteiger partial charge is 0.479 e. The number of ether oxygens (including phenoxy) is 1. The topological polar surface area (TPSA) is 99.7 Å². The Morgan fingerprint density at radius 2 is 1.90 bits per heavy atom. The van der Waals surface area contributed by atoms with E-state index in [-0.39, 0.29) is 12.1 Å². The number of carboxylic acid groups (broad SMARTS) is 1. The van der Waals surface area contributed by atoms with Crippen LogP contribution in [0.15, 0.2) is 0 Å². The van der Waals surface area contributed by atoms with Gasteiger partial charge >= 0.3 is 12.0 Å². The molecule has 7 heteroatoms. The maximum absolute atomic E-state index is 11.5. The van der Waals surface area contributed by atoms with Crippen LogP contribution in [0.5, 0.6) is 0 Å². The Morgan fingerprint density at radius 3 is 2.55 bits per heavy atom. The molecule has 1 saturated carbocycles. The highest BCUT2D eigenvalue weighted by Gasteiger charge is 2.30. The van der Waals surface area contributed by atoms with Crippen molar-refractivity contribution >= 4 is 12.0 Å². The van der Waals surface area contributed by atoms with Gasteiger partial charge in [-0.2, -0.15) is 0 Å². The number of rotatable bonds is 8. The fourth-order valence-electron chi connectivity index (χ4n) is 2.19. The van der Waals surface area contributed by atoms with Crippen molar-refractivity contribution in [2.75, 3.05) is 19.6 Å². The predicted molar refractivity (Wildman–Crippen MR) is 72.6 cm³/mol. The first kappa shape index (κ1) is 15.1. The van der Waals surface area contributed by atoms with E-state index in [9.17, 15) is 9.59 Å². The van der Waals surface area contributed by atoms with E-state index in [2.05, 4.69) is 16.0 Å². The van der Waals surface area contributed by atoms with E-state index in [1.807, 2.05) is 0 Å². The molecule has 20 heavy (non-hydrogen) atoms. The predicted octanol–water partition coefficient (Wildman–Crippen LogP) is 0.0599. The molecular weight excluding hydrogens is 262 g/mol. The lowest BCUT2D eigenvalue weighted by Crippen LogP contribution is -2.40. The van der Waals surface area contributed by atoms with Crippen molar-refractivity contribution in [3.8, 4) is 0 Å². The van der Waals surface area contributed by atoms with Crippen LogP contribution in [-0.2, 0) is 9.53 Å². The first-order chi connectivity index (χ1) is 9.65. The first-order valence-electron chi connectivity index (χ1n) is 7.28. The normalized spacial score (nSPS) is 25.4. The Hall–Kier alpha value is -1.34. The van der Waals surface area contributed by atoms with Crippen molar-refractivity contribution in [2.24, 2.45) is 0 Å². The third-order valence-electron chi connectivity index (χ3n) is 3.52. The number of carbonyl (C=O) groups is 2. The molecule has 2 rings (SSSR count). The zero-order valence-electron chi connectivity index (χ0n) is 11.6. The summed E-state index contributed by atoms with van der Waals surface area (Å²) in [5.41, 5.74) is 0. The van der Waals surface area contributed by atoms with Gasteiger partial charge in [0.15, 0.2) is 6.10 Å². The van der Waals surface area contributed by atoms with Crippen molar-refractivity contribution < 1.29 is 19.4 Å². The van der Waals surface area contributed by atoms with Crippen LogP contribution in [0.1, 0.15) is 32.1 Å². The number of hydrogen-bond donors (Lipinski definition) is 4. The molecule has 0 bridgehead atoms. The van der Waals surface area contributed by atoms with Gasteiger partial charge < -0.3 is 25.8 Å². The minimum atomic E-state index is -0.930. The SMILES string of the molecule is O=C(NCCCNC1CC1)NCC1CCC(C(=O)O)O1. The summed E-state index contributed by atoms with van der Waals surface area (Å²) < 4.78 is 5.30. The van der Waals surface area contributed by atoms with Gasteiger partial charge in [-0.3, -0.25) is 0 Å². The van der Waals surface area contributed by atoms with Crippen LogP contribution in [0, 0.1) is 0 Å². The number of urea groups is 1. The highest BCUT2D eigenvalue weighted by molar-refractivity contribution is 5.74. The second kappa shape index (κ2) is 7.44. The van der Waals surface area contributed by atoms with Gasteiger partial charge in [0.25, 0.3) is 0 Å². The van der Waals surface area contributed by atoms with Gasteiger partial charge in [0.05, 0.1) is 6.10 Å². The molecule has 1 aliphatic carbocycles. The number of carbonyl (C=O) groups excluding carboxylic acids is 1. The zero-order valence-corrected chi connectivity index (χ0v) is 11.6. The van der Waals surface area contributed by atoms with Gasteiger partial charge in [-0.25, -0.2) is 9.59 Å². The molecule has 4 N–H and O–H groups in total. The Bertz CT molecular complexity index is 347. The van der Waals surface area contributed by atoms with Crippen LogP contribution in [0.4, 0.5) is 4.79 Å². The van der Waals surface area contributed by atoms with Gasteiger partial charge in [-0.15, -0.1) is 0 Å². The third-order valence-corrected chi connectivity index (χ3v) is 3.52. The fraction of sp³-hybridized carbons (Fsp3) is 0.846. The molecule has 0 aromatic carbocycles. The van der Waals surface area contributed by atoms with Gasteiger partial charge in [0.2, 0.25) is 0 Å². The van der Waals surface area contributed by atoms with E-state index in [0.717, 1.165) is 13.0 Å². The van der Waals surface area contributed by atoms with Crippen molar-refractivity contribution in [2.45, 2.75) is 50.4 Å². The smallest absolute Gasteiger partial charge is 0.332 e. The first-order valence-corrected chi connectivity index (χ1v) is 7.28. The monoisotopic (exact) mass is 285 g/mol. The zero-order chi connectivity index (χ0) is 14.4. The number of hydrogen-bond acceptors (Lipinski definition) is 4. The summed E-state index contributed by atoms with van der Waals surface area (Å²) in [6.07, 6.45) is 3.71. The van der Waals surface area contributed by atoms with Crippen molar-refractivity contribution in [3.63, 3.8) is 0 Å². The fourth-order valence-corrected chi connectivity index (χ4v) is 2.19. The summed E-state index contributed by atoms with van der Waals surface area (Å²) in [4.78, 5) is 22.2. The van der Waals surface area contributed by atoms with Crippen molar-refractivity contribution in [3.05, 3.63) is 0 Å². The second-order valence-electron chi connectivity index (χ2n) is 5.38. The molecule has 0 aromatic rings. The minimum Gasteiger partial charge on any atom is -0.479 e. The molecule has 2 unspecified atom stereocenters. The standard InChI is InChI=1S/C13H23N3O4/c17-12(18)11-5-4-10(20-11)8-16-13(19)15-7-1-6-14-9-2-3-9/h9-11,14H,1-8H2,(H,17,18)(H2,15,16,19). The van der Waals surface area contributed by atoms with Crippen LogP contribution in [0.2, 0.25) is 0 Å². The third kappa shape index (κ3) is 5.34. The molecule has 2 amide bonds. The lowest BCUT2D eigenvalue weighted by Gasteiger charge is -2.13. The Kier molecular flexibility index (Phi) is 5.60. The summed E-state index contributed by atoms with van der Waals surface area (Å²) in [6.45, 7) is 1.92. The maximum Gasteiger partial charge on any atom is 0.332 e. The van der Waals surface area contributed by atoms with Gasteiger partial charge in [-0.05, 0) is 38.6 Å². The molecule has 1 aliphatic heterocycles. The summed E-state index contributed by atoms with van der Waals surface area (Å²) >= 11 is 0. The molecule has 0 radical (unpaired) electrons. The number of nitrogens with one attached hydrogen (secondary N) is 3. The Morgan fingerprint density at radius 1 is 1.10 bits per heavy atom. The molecule has 0 aromatic heterocycles. The van der Waals surface area contributed by atoms with Crippen LogP contribution >= 0.6 is 0 Å². The van der Waals surface area contributed by atoms with Gasteiger partial charge in [0, 0.05) is 19.1 Å². The average Bonchev–Trinajstić information content (AvgIpc) is 3.11. The van der Waals surface area contributed by atoms with E-state index in [4.69, 9.17) is 9.84 Å². The second-order valence-corrected chi connectivity index (χ2v) is 5.38. The van der Waals surface area contributed by atoms with Crippen LogP contribution in [0.25, 0.3) is 0 Å².